The van der Waals surface area contributed by atoms with Gasteiger partial charge in [-0.2, -0.15) is 4.31 Å². The van der Waals surface area contributed by atoms with Gasteiger partial charge in [-0.05, 0) is 0 Å². The molecule has 16 heteroatoms. The van der Waals surface area contributed by atoms with Crippen molar-refractivity contribution >= 4 is 23.5 Å². The third-order valence-electron chi connectivity index (χ3n) is 0.213. The Kier molecular flexibility index (Phi) is 18.4. The molecule has 0 heterocycles. The summed E-state index contributed by atoms with van der Waals surface area (Å²) >= 11 is 0. The molecule has 0 rings (SSSR count). The number of hydrogen-bond acceptors (Lipinski definition) is 4. The fourth-order valence-corrected chi connectivity index (χ4v) is 1.25. The van der Waals surface area contributed by atoms with E-state index in [1.54, 1.807) is 0 Å². The van der Waals surface area contributed by atoms with Gasteiger partial charge in [0.2, 0.25) is 0 Å². The maximum absolute atomic E-state index is 9.63. The van der Waals surface area contributed by atoms with E-state index < -0.39 is 23.5 Å². The van der Waals surface area contributed by atoms with E-state index in [4.69, 9.17) is 38.8 Å². The summed E-state index contributed by atoms with van der Waals surface area (Å²) in [5.74, 6) is 0. The summed E-state index contributed by atoms with van der Waals surface area (Å²) < 4.78 is 31.1. The molecule has 0 aliphatic rings. The molecule has 11 nitrogen and oxygen atoms in total. The van der Waals surface area contributed by atoms with Crippen molar-refractivity contribution in [2.75, 3.05) is 0 Å². The Hall–Kier alpha value is 3.01. The first-order valence-corrected chi connectivity index (χ1v) is 6.94. The molecule has 0 aliphatic heterocycles. The van der Waals surface area contributed by atoms with Gasteiger partial charge in [0.1, 0.15) is 0 Å². The van der Waals surface area contributed by atoms with Crippen LogP contribution in [0.3, 0.4) is 0 Å². The average Bonchev–Trinajstić information content (AvgIpc) is 1.42. The van der Waals surface area contributed by atoms with Gasteiger partial charge in [0, 0.05) is 0 Å². The van der Waals surface area contributed by atoms with Crippen molar-refractivity contribution in [2.45, 2.75) is 0 Å². The fraction of sp³-hybridized carbons (Fsp3) is 0. The summed E-state index contributed by atoms with van der Waals surface area (Å²) in [6.07, 6.45) is 0. The monoisotopic (exact) mass is 340 g/mol. The van der Waals surface area contributed by atoms with Gasteiger partial charge >= 0.3 is 104 Å². The van der Waals surface area contributed by atoms with Crippen molar-refractivity contribution in [1.82, 2.24) is 0 Å². The molecule has 0 saturated carbocycles. The minimum Gasteiger partial charge on any atom is -1.00 e. The predicted octanol–water partition coefficient (Wildman–Crippen LogP) is -7.51. The van der Waals surface area contributed by atoms with Crippen LogP contribution in [0.15, 0.2) is 0 Å². The molecule has 0 amide bonds. The maximum atomic E-state index is 9.63. The molecule has 0 saturated heterocycles. The van der Waals surface area contributed by atoms with Gasteiger partial charge in [-0.1, -0.05) is 0 Å². The van der Waals surface area contributed by atoms with Crippen LogP contribution in [-0.4, -0.2) is 34.3 Å². The second-order valence-corrected chi connectivity index (χ2v) is 5.22. The third-order valence-corrected chi connectivity index (χ3v) is 1.91. The molecular weight excluding hydrogens is 331 g/mol. The normalized spacial score (nSPS) is 11.4. The Labute approximate surface area is 157 Å². The molecule has 0 atom stereocenters. The summed E-state index contributed by atoms with van der Waals surface area (Å²) in [6, 6.07) is 0. The van der Waals surface area contributed by atoms with Crippen LogP contribution < -0.4 is 80.9 Å². The molecule has 0 bridgehead atoms. The van der Waals surface area contributed by atoms with Crippen molar-refractivity contribution in [3.8, 4) is 0 Å². The van der Waals surface area contributed by atoms with E-state index in [-0.39, 0.29) is 83.8 Å². The Balaban J connectivity index is -0.0000000359. The first kappa shape index (κ1) is 27.4. The Morgan fingerprint density at radius 2 is 0.875 bits per heavy atom. The van der Waals surface area contributed by atoms with Crippen LogP contribution in [0.25, 0.3) is 0 Å². The topological polar surface area (TPSA) is 202 Å². The van der Waals surface area contributed by atoms with Gasteiger partial charge in [0.15, 0.2) is 0 Å². The van der Waals surface area contributed by atoms with Crippen LogP contribution in [0.4, 0.5) is 0 Å². The molecule has 92 valence electrons. The summed E-state index contributed by atoms with van der Waals surface area (Å²) in [5.41, 5.74) is 0. The van der Waals surface area contributed by atoms with Crippen molar-refractivity contribution in [1.29, 1.82) is 0 Å². The van der Waals surface area contributed by atoms with Crippen LogP contribution in [0.2, 0.25) is 0 Å². The molecule has 16 heavy (non-hydrogen) atoms. The van der Waals surface area contributed by atoms with Crippen LogP contribution in [0.5, 0.6) is 0 Å². The molecule has 7 N–H and O–H groups in total. The molecule has 0 radical (unpaired) electrons. The van der Waals surface area contributed by atoms with Gasteiger partial charge in [-0.15, -0.1) is 0 Å². The van der Waals surface area contributed by atoms with Crippen molar-refractivity contribution < 1.29 is 136 Å². The summed E-state index contributed by atoms with van der Waals surface area (Å²) in [5, 5.41) is 0. The van der Waals surface area contributed by atoms with Crippen LogP contribution in [-0.2, 0) is 18.0 Å². The van der Waals surface area contributed by atoms with E-state index in [9.17, 15) is 9.13 Å². The van der Waals surface area contributed by atoms with Crippen molar-refractivity contribution in [3.63, 3.8) is 0 Å². The van der Waals surface area contributed by atoms with E-state index in [1.807, 2.05) is 0 Å². The van der Waals surface area contributed by atoms with Gasteiger partial charge in [-0.25, -0.2) is 13.7 Å². The van der Waals surface area contributed by atoms with E-state index in [0.717, 1.165) is 0 Å². The van der Waals surface area contributed by atoms with Crippen molar-refractivity contribution in [2.24, 2.45) is 0 Å². The fourth-order valence-electron chi connectivity index (χ4n) is 0.139. The third kappa shape index (κ3) is 53.7. The zero-order valence-corrected chi connectivity index (χ0v) is 15.9. The zero-order chi connectivity index (χ0) is 12.2. The van der Waals surface area contributed by atoms with E-state index in [0.29, 0.717) is 0 Å². The minimum atomic E-state index is -5.05. The smallest absolute Gasteiger partial charge is 1.00 e. The molecule has 0 aliphatic carbocycles. The maximum Gasteiger partial charge on any atom is 1.00 e. The summed E-state index contributed by atoms with van der Waals surface area (Å²) in [4.78, 5) is 52.6. The number of hydrogen-bond donors (Lipinski definition) is 7. The molecule has 0 unspecified atom stereocenters. The standard InChI is InChI=1S/K.Na.H4O7P2.H3O4P.2H/c;;1-8(2,3)7-9(4,5)6;1-5(2,3)4;;/h;;(H2,1,2,3)(H2,4,5,6);(H3,1,2,3,4);;/q2*+1;;;2*-1. The first-order chi connectivity index (χ1) is 5.71. The molecule has 0 spiro atoms. The number of phosphoric acid groups is 3. The Morgan fingerprint density at radius 1 is 0.750 bits per heavy atom. The van der Waals surface area contributed by atoms with Gasteiger partial charge in [0.25, 0.3) is 0 Å². The summed E-state index contributed by atoms with van der Waals surface area (Å²) in [7, 11) is -14.7. The van der Waals surface area contributed by atoms with Crippen molar-refractivity contribution in [3.05, 3.63) is 0 Å². The first-order valence-electron chi connectivity index (χ1n) is 2.31. The van der Waals surface area contributed by atoms with Crippen LogP contribution in [0, 0.1) is 0 Å². The van der Waals surface area contributed by atoms with E-state index in [1.165, 1.54) is 0 Å². The molecular formula is H9KNaO11P3. The summed E-state index contributed by atoms with van der Waals surface area (Å²) in [6.45, 7) is 0. The van der Waals surface area contributed by atoms with Crippen LogP contribution in [0.1, 0.15) is 2.85 Å². The van der Waals surface area contributed by atoms with E-state index in [2.05, 4.69) is 4.31 Å². The zero-order valence-electron chi connectivity index (χ0n) is 10.1. The quantitative estimate of drug-likeness (QED) is 0.186. The molecule has 0 aromatic rings. The van der Waals surface area contributed by atoms with Gasteiger partial charge in [0.05, 0.1) is 0 Å². The molecule has 0 aromatic carbocycles. The molecule has 0 aromatic heterocycles. The van der Waals surface area contributed by atoms with Gasteiger partial charge < -0.3 is 37.1 Å². The number of rotatable bonds is 2. The largest absolute Gasteiger partial charge is 1.00 e. The van der Waals surface area contributed by atoms with Crippen LogP contribution >= 0.6 is 23.5 Å². The Bertz CT molecular complexity index is 273. The SMILES string of the molecule is O=P(O)(O)O.O=P(O)(O)OP(=O)(O)O.[H-].[H-].[K+].[Na+]. The van der Waals surface area contributed by atoms with Gasteiger partial charge in [-0.3, -0.25) is 0 Å². The second kappa shape index (κ2) is 10.8. The van der Waals surface area contributed by atoms with E-state index >= 15 is 0 Å². The average molecular weight is 340 g/mol. The minimum absolute atomic E-state index is 0. The molecule has 0 fully saturated rings. The Morgan fingerprint density at radius 3 is 0.875 bits per heavy atom. The predicted molar refractivity (Wildman–Crippen MR) is 41.7 cm³/mol. The second-order valence-electron chi connectivity index (χ2n) is 1.58.